The van der Waals surface area contributed by atoms with Crippen LogP contribution in [0.4, 0.5) is 0 Å². The molecule has 1 saturated heterocycles. The molecule has 0 radical (unpaired) electrons. The molecule has 3 rings (SSSR count). The number of rotatable bonds is 7. The van der Waals surface area contributed by atoms with Gasteiger partial charge in [-0.1, -0.05) is 38.2 Å². The third kappa shape index (κ3) is 5.02. The third-order valence-electron chi connectivity index (χ3n) is 5.71. The number of carbonyl (C=O) groups is 1. The normalized spacial score (nSPS) is 25.3. The van der Waals surface area contributed by atoms with Gasteiger partial charge in [0.15, 0.2) is 5.60 Å². The predicted molar refractivity (Wildman–Crippen MR) is 97.9 cm³/mol. The van der Waals surface area contributed by atoms with E-state index in [1.807, 2.05) is 17.0 Å². The van der Waals surface area contributed by atoms with E-state index in [1.54, 1.807) is 12.4 Å². The smallest absolute Gasteiger partial charge is 0.255 e. The van der Waals surface area contributed by atoms with Crippen molar-refractivity contribution in [2.24, 2.45) is 5.92 Å². The average Bonchev–Trinajstić information content (AvgIpc) is 2.65. The predicted octanol–water partition coefficient (Wildman–Crippen LogP) is 2.50. The summed E-state index contributed by atoms with van der Waals surface area (Å²) in [7, 11) is 0. The van der Waals surface area contributed by atoms with Gasteiger partial charge in [-0.05, 0) is 36.8 Å². The fourth-order valence-corrected chi connectivity index (χ4v) is 4.17. The largest absolute Gasteiger partial charge is 0.379 e. The van der Waals surface area contributed by atoms with E-state index in [-0.39, 0.29) is 5.91 Å². The van der Waals surface area contributed by atoms with Crippen LogP contribution in [0.3, 0.4) is 0 Å². The number of hydrogen-bond donors (Lipinski definition) is 2. The lowest BCUT2D eigenvalue weighted by Gasteiger charge is -2.39. The summed E-state index contributed by atoms with van der Waals surface area (Å²) in [5, 5.41) is 14.1. The number of aliphatic hydroxyl groups is 1. The number of carbonyl (C=O) groups excluding carboxylic acids is 1. The van der Waals surface area contributed by atoms with Gasteiger partial charge >= 0.3 is 0 Å². The summed E-state index contributed by atoms with van der Waals surface area (Å²) in [6.45, 7) is 2.51. The van der Waals surface area contributed by atoms with Gasteiger partial charge in [0.05, 0.1) is 0 Å². The number of nitrogens with one attached hydrogen (secondary N) is 1. The van der Waals surface area contributed by atoms with Gasteiger partial charge in [0.25, 0.3) is 5.91 Å². The maximum Gasteiger partial charge on any atom is 0.255 e. The first kappa shape index (κ1) is 18.3. The maximum atomic E-state index is 12.8. The molecule has 2 heterocycles. The molecule has 1 amide bonds. The fraction of sp³-hybridized carbons (Fsp3) is 0.700. The van der Waals surface area contributed by atoms with Crippen LogP contribution in [0.5, 0.6) is 0 Å². The first-order valence-corrected chi connectivity index (χ1v) is 9.79. The highest BCUT2D eigenvalue weighted by atomic mass is 16.3. The van der Waals surface area contributed by atoms with Crippen molar-refractivity contribution in [3.8, 4) is 0 Å². The summed E-state index contributed by atoms with van der Waals surface area (Å²) in [6.07, 6.45) is 12.7. The average molecular weight is 345 g/mol. The van der Waals surface area contributed by atoms with Crippen molar-refractivity contribution in [2.45, 2.75) is 63.5 Å². The standard InChI is InChI=1S/C20H31N3O2/c24-19-20(25,16-22-15-18-8-4-11-21-14-18)10-5-12-23(19)13-9-17-6-2-1-3-7-17/h4,8,11,14,17,22,25H,1-3,5-7,9-10,12-13,15-16H2/t20-/m0/s1. The summed E-state index contributed by atoms with van der Waals surface area (Å²) in [4.78, 5) is 18.8. The molecule has 2 aliphatic rings. The minimum absolute atomic E-state index is 0.0896. The van der Waals surface area contributed by atoms with Crippen LogP contribution >= 0.6 is 0 Å². The SMILES string of the molecule is O=C1N(CCC2CCCCC2)CCC[C@]1(O)CNCc1cccnc1. The van der Waals surface area contributed by atoms with E-state index >= 15 is 0 Å². The van der Waals surface area contributed by atoms with Crippen LogP contribution in [0.1, 0.15) is 56.9 Å². The lowest BCUT2D eigenvalue weighted by molar-refractivity contribution is -0.156. The van der Waals surface area contributed by atoms with Gasteiger partial charge < -0.3 is 15.3 Å². The molecule has 1 saturated carbocycles. The van der Waals surface area contributed by atoms with Crippen molar-refractivity contribution >= 4 is 5.91 Å². The molecule has 0 aromatic carbocycles. The van der Waals surface area contributed by atoms with E-state index in [1.165, 1.54) is 32.1 Å². The first-order chi connectivity index (χ1) is 12.2. The van der Waals surface area contributed by atoms with Crippen LogP contribution in [0, 0.1) is 5.92 Å². The molecule has 25 heavy (non-hydrogen) atoms. The Balaban J connectivity index is 1.47. The zero-order valence-electron chi connectivity index (χ0n) is 15.1. The maximum absolute atomic E-state index is 12.8. The molecule has 5 heteroatoms. The van der Waals surface area contributed by atoms with E-state index in [0.29, 0.717) is 19.5 Å². The Hall–Kier alpha value is -1.46. The minimum Gasteiger partial charge on any atom is -0.379 e. The molecular weight excluding hydrogens is 314 g/mol. The molecule has 5 nitrogen and oxygen atoms in total. The van der Waals surface area contributed by atoms with Crippen molar-refractivity contribution in [1.82, 2.24) is 15.2 Å². The first-order valence-electron chi connectivity index (χ1n) is 9.79. The molecule has 2 fully saturated rings. The van der Waals surface area contributed by atoms with Gasteiger partial charge in [-0.15, -0.1) is 0 Å². The highest BCUT2D eigenvalue weighted by Gasteiger charge is 2.41. The zero-order valence-corrected chi connectivity index (χ0v) is 15.1. The number of nitrogens with zero attached hydrogens (tertiary/aromatic N) is 2. The minimum atomic E-state index is -1.26. The lowest BCUT2D eigenvalue weighted by atomic mass is 9.86. The van der Waals surface area contributed by atoms with E-state index in [9.17, 15) is 9.90 Å². The summed E-state index contributed by atoms with van der Waals surface area (Å²) in [6, 6.07) is 3.88. The van der Waals surface area contributed by atoms with E-state index < -0.39 is 5.60 Å². The van der Waals surface area contributed by atoms with Gasteiger partial charge in [-0.25, -0.2) is 0 Å². The van der Waals surface area contributed by atoms with Crippen LogP contribution in [-0.4, -0.2) is 46.1 Å². The van der Waals surface area contributed by atoms with Gasteiger partial charge in [0.2, 0.25) is 0 Å². The monoisotopic (exact) mass is 345 g/mol. The zero-order chi connectivity index (χ0) is 17.5. The molecule has 0 spiro atoms. The summed E-state index contributed by atoms with van der Waals surface area (Å²) in [5.41, 5.74) is -0.198. The number of pyridine rings is 1. The van der Waals surface area contributed by atoms with Crippen LogP contribution in [0.2, 0.25) is 0 Å². The van der Waals surface area contributed by atoms with Crippen molar-refractivity contribution in [1.29, 1.82) is 0 Å². The highest BCUT2D eigenvalue weighted by molar-refractivity contribution is 5.86. The number of aromatic nitrogens is 1. The van der Waals surface area contributed by atoms with E-state index in [2.05, 4.69) is 10.3 Å². The molecule has 1 aliphatic carbocycles. The van der Waals surface area contributed by atoms with Gasteiger partial charge in [0.1, 0.15) is 0 Å². The number of piperidine rings is 1. The molecule has 0 unspecified atom stereocenters. The topological polar surface area (TPSA) is 65.5 Å². The van der Waals surface area contributed by atoms with Crippen LogP contribution in [0.15, 0.2) is 24.5 Å². The third-order valence-corrected chi connectivity index (χ3v) is 5.71. The van der Waals surface area contributed by atoms with Crippen LogP contribution in [0.25, 0.3) is 0 Å². The Morgan fingerprint density at radius 2 is 2.12 bits per heavy atom. The Kier molecular flexibility index (Phi) is 6.43. The second-order valence-corrected chi connectivity index (χ2v) is 7.68. The molecule has 138 valence electrons. The Morgan fingerprint density at radius 1 is 1.28 bits per heavy atom. The summed E-state index contributed by atoms with van der Waals surface area (Å²) < 4.78 is 0. The van der Waals surface area contributed by atoms with E-state index in [0.717, 1.165) is 37.4 Å². The second kappa shape index (κ2) is 8.77. The van der Waals surface area contributed by atoms with Crippen molar-refractivity contribution in [3.05, 3.63) is 30.1 Å². The summed E-state index contributed by atoms with van der Waals surface area (Å²) in [5.74, 6) is 0.675. The summed E-state index contributed by atoms with van der Waals surface area (Å²) >= 11 is 0. The van der Waals surface area contributed by atoms with Gasteiger partial charge in [-0.3, -0.25) is 9.78 Å². The fourth-order valence-electron chi connectivity index (χ4n) is 4.17. The van der Waals surface area contributed by atoms with E-state index in [4.69, 9.17) is 0 Å². The molecule has 2 N–H and O–H groups in total. The van der Waals surface area contributed by atoms with Crippen molar-refractivity contribution in [2.75, 3.05) is 19.6 Å². The second-order valence-electron chi connectivity index (χ2n) is 7.68. The molecule has 1 aliphatic heterocycles. The Labute approximate surface area is 150 Å². The molecular formula is C20H31N3O2. The Bertz CT molecular complexity index is 545. The lowest BCUT2D eigenvalue weighted by Crippen LogP contribution is -2.58. The van der Waals surface area contributed by atoms with Crippen molar-refractivity contribution < 1.29 is 9.90 Å². The molecule has 1 aromatic heterocycles. The van der Waals surface area contributed by atoms with Crippen LogP contribution < -0.4 is 5.32 Å². The van der Waals surface area contributed by atoms with Gasteiger partial charge in [-0.2, -0.15) is 0 Å². The quantitative estimate of drug-likeness (QED) is 0.797. The van der Waals surface area contributed by atoms with Gasteiger partial charge in [0, 0.05) is 38.6 Å². The molecule has 1 aromatic rings. The number of likely N-dealkylation sites (tertiary alicyclic amines) is 1. The Morgan fingerprint density at radius 3 is 2.88 bits per heavy atom. The number of amides is 1. The molecule has 1 atom stereocenters. The number of hydrogen-bond acceptors (Lipinski definition) is 4. The van der Waals surface area contributed by atoms with Crippen molar-refractivity contribution in [3.63, 3.8) is 0 Å². The van der Waals surface area contributed by atoms with Crippen LogP contribution in [-0.2, 0) is 11.3 Å². The molecule has 0 bridgehead atoms. The highest BCUT2D eigenvalue weighted by Crippen LogP contribution is 2.28.